The van der Waals surface area contributed by atoms with Crippen molar-refractivity contribution in [3.05, 3.63) is 81.4 Å². The molecule has 2 aromatic carbocycles. The van der Waals surface area contributed by atoms with Gasteiger partial charge in [-0.25, -0.2) is 17.2 Å². The maximum Gasteiger partial charge on any atom is 0.243 e. The molecule has 4 atom stereocenters. The van der Waals surface area contributed by atoms with Crippen LogP contribution in [0.5, 0.6) is 0 Å². The average molecular weight is 583 g/mol. The fourth-order valence-corrected chi connectivity index (χ4v) is 7.79. The Bertz CT molecular complexity index is 1450. The van der Waals surface area contributed by atoms with E-state index in [0.29, 0.717) is 6.42 Å². The minimum Gasteiger partial charge on any atom is -0.351 e. The maximum absolute atomic E-state index is 15.7. The summed E-state index contributed by atoms with van der Waals surface area (Å²) in [5.74, 6) is -2.86. The van der Waals surface area contributed by atoms with Gasteiger partial charge < -0.3 is 5.32 Å². The number of benzene rings is 2. The molecule has 11 heteroatoms. The van der Waals surface area contributed by atoms with Gasteiger partial charge in [0.25, 0.3) is 0 Å². The Morgan fingerprint density at radius 3 is 2.50 bits per heavy atom. The summed E-state index contributed by atoms with van der Waals surface area (Å²) >= 11 is 12.1. The Kier molecular flexibility index (Phi) is 7.67. The normalized spacial score (nSPS) is 26.3. The highest BCUT2D eigenvalue weighted by Crippen LogP contribution is 2.57. The molecule has 2 aliphatic heterocycles. The molecule has 1 fully saturated rings. The Morgan fingerprint density at radius 2 is 1.92 bits per heavy atom. The SMILES string of the molecule is CC(C)(C)C[C@@H]1CN(S(=O)(=O)C2C=CC(=O)NC2)[C@H](c2cccc(Cl)c2F)[C@@]1(C#N)c1ccc(Cl)cc1F. The molecule has 0 saturated carbocycles. The lowest BCUT2D eigenvalue weighted by Gasteiger charge is -2.38. The van der Waals surface area contributed by atoms with Gasteiger partial charge >= 0.3 is 0 Å². The molecular formula is C27H27Cl2F2N3O3S. The molecular weight excluding hydrogens is 555 g/mol. The first kappa shape index (κ1) is 28.5. The van der Waals surface area contributed by atoms with E-state index in [-0.39, 0.29) is 34.3 Å². The van der Waals surface area contributed by atoms with Crippen molar-refractivity contribution in [2.24, 2.45) is 11.3 Å². The molecule has 0 spiro atoms. The predicted octanol–water partition coefficient (Wildman–Crippen LogP) is 5.53. The highest BCUT2D eigenvalue weighted by molar-refractivity contribution is 7.90. The number of hydrogen-bond donors (Lipinski definition) is 1. The lowest BCUT2D eigenvalue weighted by Crippen LogP contribution is -2.47. The number of rotatable bonds is 5. The van der Waals surface area contributed by atoms with E-state index in [9.17, 15) is 18.5 Å². The second kappa shape index (κ2) is 10.2. The first-order valence-corrected chi connectivity index (χ1v) is 14.3. The fourth-order valence-electron chi connectivity index (χ4n) is 5.57. The summed E-state index contributed by atoms with van der Waals surface area (Å²) in [7, 11) is -4.29. The van der Waals surface area contributed by atoms with Crippen LogP contribution < -0.4 is 5.32 Å². The van der Waals surface area contributed by atoms with Crippen LogP contribution in [0.4, 0.5) is 8.78 Å². The lowest BCUT2D eigenvalue weighted by atomic mass is 9.63. The van der Waals surface area contributed by atoms with Gasteiger partial charge in [-0.15, -0.1) is 0 Å². The topological polar surface area (TPSA) is 90.3 Å². The van der Waals surface area contributed by atoms with Gasteiger partial charge in [-0.1, -0.05) is 68.2 Å². The van der Waals surface area contributed by atoms with Crippen molar-refractivity contribution in [3.63, 3.8) is 0 Å². The molecule has 2 heterocycles. The van der Waals surface area contributed by atoms with Crippen LogP contribution >= 0.6 is 23.2 Å². The van der Waals surface area contributed by atoms with E-state index in [1.807, 2.05) is 20.8 Å². The van der Waals surface area contributed by atoms with Crippen molar-refractivity contribution < 1.29 is 22.0 Å². The molecule has 38 heavy (non-hydrogen) atoms. The number of nitriles is 1. The molecule has 2 aromatic rings. The molecule has 0 radical (unpaired) electrons. The zero-order chi connectivity index (χ0) is 28.0. The van der Waals surface area contributed by atoms with Gasteiger partial charge in [0.15, 0.2) is 0 Å². The highest BCUT2D eigenvalue weighted by atomic mass is 35.5. The van der Waals surface area contributed by atoms with Crippen LogP contribution in [-0.2, 0) is 20.2 Å². The first-order chi connectivity index (χ1) is 17.7. The Balaban J connectivity index is 2.05. The summed E-state index contributed by atoms with van der Waals surface area (Å²) in [5.41, 5.74) is -2.45. The molecule has 1 N–H and O–H groups in total. The number of sulfonamides is 1. The van der Waals surface area contributed by atoms with Crippen LogP contribution in [0.25, 0.3) is 0 Å². The van der Waals surface area contributed by atoms with Crippen molar-refractivity contribution in [1.29, 1.82) is 5.26 Å². The molecule has 202 valence electrons. The fraction of sp³-hybridized carbons (Fsp3) is 0.407. The molecule has 4 rings (SSSR count). The number of carbonyl (C=O) groups is 1. The maximum atomic E-state index is 15.7. The van der Waals surface area contributed by atoms with Crippen molar-refractivity contribution >= 4 is 39.1 Å². The van der Waals surface area contributed by atoms with E-state index in [0.717, 1.165) is 16.4 Å². The summed E-state index contributed by atoms with van der Waals surface area (Å²) in [6.07, 6.45) is 2.72. The quantitative estimate of drug-likeness (QED) is 0.503. The number of hydrogen-bond acceptors (Lipinski definition) is 4. The molecule has 1 amide bonds. The molecule has 6 nitrogen and oxygen atoms in total. The lowest BCUT2D eigenvalue weighted by molar-refractivity contribution is -0.116. The van der Waals surface area contributed by atoms with E-state index in [4.69, 9.17) is 23.2 Å². The van der Waals surface area contributed by atoms with E-state index in [2.05, 4.69) is 11.4 Å². The van der Waals surface area contributed by atoms with Crippen molar-refractivity contribution in [2.45, 2.75) is 43.9 Å². The molecule has 1 saturated heterocycles. The monoisotopic (exact) mass is 581 g/mol. The van der Waals surface area contributed by atoms with Crippen LogP contribution in [-0.4, -0.2) is 37.0 Å². The molecule has 2 aliphatic rings. The summed E-state index contributed by atoms with van der Waals surface area (Å²) in [6, 6.07) is 8.79. The third-order valence-electron chi connectivity index (χ3n) is 7.11. The first-order valence-electron chi connectivity index (χ1n) is 12.0. The third kappa shape index (κ3) is 4.95. The second-order valence-corrected chi connectivity index (χ2v) is 13.8. The third-order valence-corrected chi connectivity index (χ3v) is 9.74. The molecule has 0 aliphatic carbocycles. The summed E-state index contributed by atoms with van der Waals surface area (Å²) in [5, 5.41) is 12.0. The van der Waals surface area contributed by atoms with E-state index >= 15 is 8.78 Å². The van der Waals surface area contributed by atoms with Gasteiger partial charge in [0.05, 0.1) is 17.1 Å². The largest absolute Gasteiger partial charge is 0.351 e. The average Bonchev–Trinajstić information content (AvgIpc) is 3.15. The van der Waals surface area contributed by atoms with Gasteiger partial charge in [-0.2, -0.15) is 9.57 Å². The van der Waals surface area contributed by atoms with Gasteiger partial charge in [-0.3, -0.25) is 4.79 Å². The minimum atomic E-state index is -4.29. The smallest absolute Gasteiger partial charge is 0.243 e. The van der Waals surface area contributed by atoms with Crippen LogP contribution in [0.2, 0.25) is 10.0 Å². The van der Waals surface area contributed by atoms with Gasteiger partial charge in [0.2, 0.25) is 15.9 Å². The van der Waals surface area contributed by atoms with Gasteiger partial charge in [0, 0.05) is 35.3 Å². The van der Waals surface area contributed by atoms with E-state index in [1.54, 1.807) is 0 Å². The standard InChI is InChI=1S/C27H27Cl2F2N3O3S/c1-26(2,3)12-16-14-34(38(36,37)18-8-10-23(35)33-13-18)25(19-5-4-6-21(29)24(19)31)27(16,15-32)20-9-7-17(28)11-22(20)30/h4-11,16,18,25H,12-14H2,1-3H3,(H,33,35)/t16-,18?,25-,27-/m1/s1. The predicted molar refractivity (Wildman–Crippen MR) is 142 cm³/mol. The van der Waals surface area contributed by atoms with Crippen LogP contribution in [0, 0.1) is 34.3 Å². The van der Waals surface area contributed by atoms with Gasteiger partial charge in [0.1, 0.15) is 22.3 Å². The second-order valence-electron chi connectivity index (χ2n) is 10.9. The molecule has 0 aromatic heterocycles. The van der Waals surface area contributed by atoms with Crippen molar-refractivity contribution in [3.8, 4) is 6.07 Å². The van der Waals surface area contributed by atoms with Crippen LogP contribution in [0.3, 0.4) is 0 Å². The number of nitrogens with zero attached hydrogens (tertiary/aromatic N) is 2. The van der Waals surface area contributed by atoms with Crippen LogP contribution in [0.15, 0.2) is 48.6 Å². The highest BCUT2D eigenvalue weighted by Gasteiger charge is 2.62. The summed E-state index contributed by atoms with van der Waals surface area (Å²) in [6.45, 7) is 5.42. The Labute approximate surface area is 231 Å². The minimum absolute atomic E-state index is 0.0757. The van der Waals surface area contributed by atoms with Crippen molar-refractivity contribution in [1.82, 2.24) is 9.62 Å². The number of nitrogens with one attached hydrogen (secondary N) is 1. The Morgan fingerprint density at radius 1 is 1.21 bits per heavy atom. The summed E-state index contributed by atoms with van der Waals surface area (Å²) in [4.78, 5) is 11.7. The molecule has 0 bridgehead atoms. The number of amides is 1. The van der Waals surface area contributed by atoms with Gasteiger partial charge in [-0.05, 0) is 36.0 Å². The zero-order valence-electron chi connectivity index (χ0n) is 21.0. The molecule has 1 unspecified atom stereocenters. The number of carbonyl (C=O) groups excluding carboxylic acids is 1. The van der Waals surface area contributed by atoms with Crippen LogP contribution in [0.1, 0.15) is 44.4 Å². The summed E-state index contributed by atoms with van der Waals surface area (Å²) < 4.78 is 60.6. The Hall–Kier alpha value is -2.51. The zero-order valence-corrected chi connectivity index (χ0v) is 23.3. The number of halogens is 4. The van der Waals surface area contributed by atoms with E-state index < -0.39 is 55.6 Å². The van der Waals surface area contributed by atoms with E-state index in [1.165, 1.54) is 36.4 Å². The van der Waals surface area contributed by atoms with Crippen molar-refractivity contribution in [2.75, 3.05) is 13.1 Å².